The molecule has 12 heavy (non-hydrogen) atoms. The van der Waals surface area contributed by atoms with E-state index in [0.29, 0.717) is 5.75 Å². The molecular formula is C7H10ClFN2O. The molecule has 0 spiro atoms. The number of ether oxygens (including phenoxy) is 1. The maximum atomic E-state index is 12.7. The minimum atomic E-state index is -0.395. The van der Waals surface area contributed by atoms with Crippen LogP contribution in [-0.4, -0.2) is 7.11 Å². The maximum Gasteiger partial charge on any atom is 0.147 e. The SMILES string of the molecule is COc1ccc(F)c(NN)c1.Cl. The van der Waals surface area contributed by atoms with Crippen LogP contribution in [0.5, 0.6) is 5.75 Å². The highest BCUT2D eigenvalue weighted by Crippen LogP contribution is 2.19. The normalized spacial score (nSPS) is 8.58. The van der Waals surface area contributed by atoms with E-state index in [-0.39, 0.29) is 18.1 Å². The van der Waals surface area contributed by atoms with Crippen LogP contribution in [0.2, 0.25) is 0 Å². The zero-order chi connectivity index (χ0) is 8.27. The fourth-order valence-corrected chi connectivity index (χ4v) is 0.742. The number of nitrogen functional groups attached to an aromatic ring is 1. The quantitative estimate of drug-likeness (QED) is 0.552. The van der Waals surface area contributed by atoms with Crippen LogP contribution >= 0.6 is 12.4 Å². The number of hydrogen-bond acceptors (Lipinski definition) is 3. The minimum Gasteiger partial charge on any atom is -0.497 e. The van der Waals surface area contributed by atoms with Crippen molar-refractivity contribution in [2.75, 3.05) is 12.5 Å². The van der Waals surface area contributed by atoms with E-state index in [0.717, 1.165) is 0 Å². The third-order valence-electron chi connectivity index (χ3n) is 1.33. The first-order valence-electron chi connectivity index (χ1n) is 3.08. The van der Waals surface area contributed by atoms with Crippen molar-refractivity contribution in [3.63, 3.8) is 0 Å². The van der Waals surface area contributed by atoms with Crippen molar-refractivity contribution >= 4 is 18.1 Å². The van der Waals surface area contributed by atoms with Gasteiger partial charge in [-0.05, 0) is 12.1 Å². The number of nitrogens with one attached hydrogen (secondary N) is 1. The molecule has 0 aromatic heterocycles. The molecule has 0 saturated heterocycles. The average molecular weight is 193 g/mol. The summed E-state index contributed by atoms with van der Waals surface area (Å²) in [7, 11) is 1.51. The summed E-state index contributed by atoms with van der Waals surface area (Å²) >= 11 is 0. The lowest BCUT2D eigenvalue weighted by Gasteiger charge is -2.03. The number of halogens is 2. The zero-order valence-electron chi connectivity index (χ0n) is 6.50. The molecular weight excluding hydrogens is 183 g/mol. The number of methoxy groups -OCH3 is 1. The van der Waals surface area contributed by atoms with Crippen LogP contribution < -0.4 is 16.0 Å². The molecule has 1 rings (SSSR count). The van der Waals surface area contributed by atoms with Gasteiger partial charge in [-0.15, -0.1) is 12.4 Å². The van der Waals surface area contributed by atoms with Gasteiger partial charge in [0.05, 0.1) is 12.8 Å². The highest BCUT2D eigenvalue weighted by atomic mass is 35.5. The van der Waals surface area contributed by atoms with Crippen molar-refractivity contribution in [3.8, 4) is 5.75 Å². The molecule has 3 nitrogen and oxygen atoms in total. The van der Waals surface area contributed by atoms with Crippen LogP contribution in [0.3, 0.4) is 0 Å². The van der Waals surface area contributed by atoms with Gasteiger partial charge in [-0.2, -0.15) is 0 Å². The summed E-state index contributed by atoms with van der Waals surface area (Å²) in [4.78, 5) is 0. The Morgan fingerprint density at radius 1 is 1.50 bits per heavy atom. The molecule has 0 aliphatic heterocycles. The average Bonchev–Trinajstić information content (AvgIpc) is 2.05. The summed E-state index contributed by atoms with van der Waals surface area (Å²) < 4.78 is 17.6. The molecule has 0 heterocycles. The molecule has 0 fully saturated rings. The molecule has 0 bridgehead atoms. The van der Waals surface area contributed by atoms with Crippen LogP contribution in [0, 0.1) is 5.82 Å². The van der Waals surface area contributed by atoms with Gasteiger partial charge in [0.2, 0.25) is 0 Å². The summed E-state index contributed by atoms with van der Waals surface area (Å²) in [5.74, 6) is 5.20. The Kier molecular flexibility index (Phi) is 4.39. The second-order valence-corrected chi connectivity index (χ2v) is 1.99. The minimum absolute atomic E-state index is 0. The first kappa shape index (κ1) is 11.0. The Morgan fingerprint density at radius 2 is 2.17 bits per heavy atom. The van der Waals surface area contributed by atoms with Gasteiger partial charge in [0.25, 0.3) is 0 Å². The van der Waals surface area contributed by atoms with E-state index in [1.165, 1.54) is 25.3 Å². The number of nitrogens with two attached hydrogens (primary N) is 1. The van der Waals surface area contributed by atoms with Crippen LogP contribution in [0.1, 0.15) is 0 Å². The van der Waals surface area contributed by atoms with Crippen LogP contribution in [-0.2, 0) is 0 Å². The number of hydrazine groups is 1. The van der Waals surface area contributed by atoms with Gasteiger partial charge in [0, 0.05) is 6.07 Å². The van der Waals surface area contributed by atoms with E-state index in [9.17, 15) is 4.39 Å². The van der Waals surface area contributed by atoms with Crippen molar-refractivity contribution in [1.29, 1.82) is 0 Å². The summed E-state index contributed by atoms with van der Waals surface area (Å²) in [6.07, 6.45) is 0. The van der Waals surface area contributed by atoms with Crippen LogP contribution in [0.15, 0.2) is 18.2 Å². The standard InChI is InChI=1S/C7H9FN2O.ClH/c1-11-5-2-3-6(8)7(4-5)10-9;/h2-4,10H,9H2,1H3;1H. The van der Waals surface area contributed by atoms with Gasteiger partial charge in [0.1, 0.15) is 11.6 Å². The van der Waals surface area contributed by atoms with Crippen LogP contribution in [0.4, 0.5) is 10.1 Å². The summed E-state index contributed by atoms with van der Waals surface area (Å²) in [6, 6.07) is 4.29. The summed E-state index contributed by atoms with van der Waals surface area (Å²) in [5, 5.41) is 0. The van der Waals surface area contributed by atoms with Gasteiger partial charge >= 0.3 is 0 Å². The van der Waals surface area contributed by atoms with Crippen molar-refractivity contribution in [2.24, 2.45) is 5.84 Å². The van der Waals surface area contributed by atoms with Crippen molar-refractivity contribution < 1.29 is 9.13 Å². The maximum absolute atomic E-state index is 12.7. The fraction of sp³-hybridized carbons (Fsp3) is 0.143. The lowest BCUT2D eigenvalue weighted by atomic mass is 10.3. The van der Waals surface area contributed by atoms with E-state index < -0.39 is 5.82 Å². The molecule has 0 radical (unpaired) electrons. The van der Waals surface area contributed by atoms with E-state index in [1.807, 2.05) is 0 Å². The van der Waals surface area contributed by atoms with Gasteiger partial charge in [0.15, 0.2) is 0 Å². The predicted octanol–water partition coefficient (Wildman–Crippen LogP) is 1.54. The van der Waals surface area contributed by atoms with Gasteiger partial charge < -0.3 is 10.2 Å². The van der Waals surface area contributed by atoms with Crippen molar-refractivity contribution in [3.05, 3.63) is 24.0 Å². The molecule has 5 heteroatoms. The van der Waals surface area contributed by atoms with Gasteiger partial charge in [-0.1, -0.05) is 0 Å². The fourth-order valence-electron chi connectivity index (χ4n) is 0.742. The largest absolute Gasteiger partial charge is 0.497 e. The van der Waals surface area contributed by atoms with Gasteiger partial charge in [-0.25, -0.2) is 4.39 Å². The lowest BCUT2D eigenvalue weighted by molar-refractivity contribution is 0.414. The zero-order valence-corrected chi connectivity index (χ0v) is 7.32. The molecule has 0 amide bonds. The molecule has 68 valence electrons. The molecule has 0 saturated carbocycles. The highest BCUT2D eigenvalue weighted by molar-refractivity contribution is 5.85. The molecule has 0 aliphatic carbocycles. The second-order valence-electron chi connectivity index (χ2n) is 1.99. The molecule has 1 aromatic carbocycles. The molecule has 0 aliphatic rings. The monoisotopic (exact) mass is 192 g/mol. The Hall–Kier alpha value is -1.00. The Labute approximate surface area is 76.1 Å². The Bertz CT molecular complexity index is 257. The molecule has 1 aromatic rings. The van der Waals surface area contributed by atoms with Crippen LogP contribution in [0.25, 0.3) is 0 Å². The third-order valence-corrected chi connectivity index (χ3v) is 1.33. The first-order chi connectivity index (χ1) is 5.27. The topological polar surface area (TPSA) is 47.3 Å². The van der Waals surface area contributed by atoms with Crippen molar-refractivity contribution in [1.82, 2.24) is 0 Å². The lowest BCUT2D eigenvalue weighted by Crippen LogP contribution is -2.08. The Morgan fingerprint density at radius 3 is 2.67 bits per heavy atom. The summed E-state index contributed by atoms with van der Waals surface area (Å²) in [5.41, 5.74) is 2.44. The predicted molar refractivity (Wildman–Crippen MR) is 48.0 cm³/mol. The van der Waals surface area contributed by atoms with E-state index in [1.54, 1.807) is 0 Å². The number of anilines is 1. The van der Waals surface area contributed by atoms with Gasteiger partial charge in [-0.3, -0.25) is 5.84 Å². The number of rotatable bonds is 2. The summed E-state index contributed by atoms with van der Waals surface area (Å²) in [6.45, 7) is 0. The highest BCUT2D eigenvalue weighted by Gasteiger charge is 2.00. The number of hydrogen-bond donors (Lipinski definition) is 2. The van der Waals surface area contributed by atoms with E-state index >= 15 is 0 Å². The molecule has 0 unspecified atom stereocenters. The van der Waals surface area contributed by atoms with Crippen molar-refractivity contribution in [2.45, 2.75) is 0 Å². The smallest absolute Gasteiger partial charge is 0.147 e. The van der Waals surface area contributed by atoms with E-state index in [2.05, 4.69) is 5.43 Å². The second kappa shape index (κ2) is 4.79. The van der Waals surface area contributed by atoms with E-state index in [4.69, 9.17) is 10.6 Å². The third kappa shape index (κ3) is 2.25. The molecule has 0 atom stereocenters. The molecule has 3 N–H and O–H groups in total. The Balaban J connectivity index is 0.00000121. The first-order valence-corrected chi connectivity index (χ1v) is 3.08. The number of benzene rings is 1.